The first kappa shape index (κ1) is 14.5. The third-order valence-electron chi connectivity index (χ3n) is 2.80. The summed E-state index contributed by atoms with van der Waals surface area (Å²) in [5.74, 6) is 0.174. The molecule has 0 radical (unpaired) electrons. The molecule has 88 valence electrons. The zero-order valence-corrected chi connectivity index (χ0v) is 10.7. The summed E-state index contributed by atoms with van der Waals surface area (Å²) >= 11 is 0. The standard InChI is InChI=1S/C11H20N2O.ClH/c1-5-8(2)11(14)13-7-9(3)12-6-10(13)4;/h5,9-10,12H,6-7H2,1-4H3;1H/b8-5-;. The van der Waals surface area contributed by atoms with Crippen molar-refractivity contribution in [3.05, 3.63) is 11.6 Å². The highest BCUT2D eigenvalue weighted by Gasteiger charge is 2.26. The molecule has 0 aliphatic carbocycles. The van der Waals surface area contributed by atoms with Crippen LogP contribution in [0.25, 0.3) is 0 Å². The van der Waals surface area contributed by atoms with Gasteiger partial charge in [0, 0.05) is 30.7 Å². The van der Waals surface area contributed by atoms with Crippen LogP contribution in [0.2, 0.25) is 0 Å². The van der Waals surface area contributed by atoms with Crippen molar-refractivity contribution in [2.45, 2.75) is 39.8 Å². The lowest BCUT2D eigenvalue weighted by Crippen LogP contribution is -2.56. The van der Waals surface area contributed by atoms with E-state index in [1.54, 1.807) is 0 Å². The second-order valence-electron chi connectivity index (χ2n) is 4.09. The van der Waals surface area contributed by atoms with Gasteiger partial charge in [0.15, 0.2) is 0 Å². The van der Waals surface area contributed by atoms with E-state index in [0.29, 0.717) is 12.1 Å². The molecule has 4 heteroatoms. The number of hydrogen-bond donors (Lipinski definition) is 1. The first-order valence-electron chi connectivity index (χ1n) is 5.23. The summed E-state index contributed by atoms with van der Waals surface area (Å²) in [7, 11) is 0. The zero-order valence-electron chi connectivity index (χ0n) is 9.91. The minimum atomic E-state index is 0. The van der Waals surface area contributed by atoms with E-state index in [9.17, 15) is 4.79 Å². The van der Waals surface area contributed by atoms with Crippen molar-refractivity contribution >= 4 is 18.3 Å². The van der Waals surface area contributed by atoms with Crippen LogP contribution < -0.4 is 5.32 Å². The van der Waals surface area contributed by atoms with Crippen LogP contribution in [-0.4, -0.2) is 36.0 Å². The molecule has 3 nitrogen and oxygen atoms in total. The van der Waals surface area contributed by atoms with E-state index in [1.165, 1.54) is 0 Å². The third kappa shape index (κ3) is 3.50. The highest BCUT2D eigenvalue weighted by Crippen LogP contribution is 2.10. The second-order valence-corrected chi connectivity index (χ2v) is 4.09. The lowest BCUT2D eigenvalue weighted by atomic mass is 10.1. The van der Waals surface area contributed by atoms with Crippen LogP contribution in [0.4, 0.5) is 0 Å². The molecule has 1 N–H and O–H groups in total. The normalized spacial score (nSPS) is 27.2. The number of allylic oxidation sites excluding steroid dienone is 1. The van der Waals surface area contributed by atoms with Crippen molar-refractivity contribution in [3.8, 4) is 0 Å². The Balaban J connectivity index is 0.00000196. The Bertz CT molecular complexity index is 253. The summed E-state index contributed by atoms with van der Waals surface area (Å²) < 4.78 is 0. The van der Waals surface area contributed by atoms with Gasteiger partial charge in [0.25, 0.3) is 0 Å². The molecule has 1 fully saturated rings. The zero-order chi connectivity index (χ0) is 10.7. The Morgan fingerprint density at radius 1 is 1.47 bits per heavy atom. The van der Waals surface area contributed by atoms with E-state index < -0.39 is 0 Å². The molecule has 15 heavy (non-hydrogen) atoms. The molecule has 0 spiro atoms. The maximum atomic E-state index is 11.9. The fourth-order valence-corrected chi connectivity index (χ4v) is 1.65. The molecule has 0 aromatic heterocycles. The molecule has 2 atom stereocenters. The van der Waals surface area contributed by atoms with Gasteiger partial charge in [-0.3, -0.25) is 4.79 Å². The summed E-state index contributed by atoms with van der Waals surface area (Å²) in [6, 6.07) is 0.702. The number of nitrogens with zero attached hydrogens (tertiary/aromatic N) is 1. The van der Waals surface area contributed by atoms with E-state index in [0.717, 1.165) is 18.7 Å². The van der Waals surface area contributed by atoms with Gasteiger partial charge in [0.05, 0.1) is 0 Å². The molecule has 1 aliphatic rings. The van der Waals surface area contributed by atoms with Gasteiger partial charge in [0.1, 0.15) is 0 Å². The molecule has 1 heterocycles. The Kier molecular flexibility index (Phi) is 5.91. The molecule has 0 saturated carbocycles. The molecule has 1 amide bonds. The average Bonchev–Trinajstić information content (AvgIpc) is 2.19. The molecule has 1 rings (SSSR count). The predicted molar refractivity (Wildman–Crippen MR) is 65.3 cm³/mol. The van der Waals surface area contributed by atoms with Crippen LogP contribution in [0.3, 0.4) is 0 Å². The van der Waals surface area contributed by atoms with Crippen LogP contribution >= 0.6 is 12.4 Å². The molecule has 0 aromatic rings. The van der Waals surface area contributed by atoms with E-state index in [2.05, 4.69) is 19.2 Å². The summed E-state index contributed by atoms with van der Waals surface area (Å²) in [4.78, 5) is 13.9. The van der Waals surface area contributed by atoms with Gasteiger partial charge >= 0.3 is 0 Å². The average molecular weight is 233 g/mol. The summed E-state index contributed by atoms with van der Waals surface area (Å²) in [6.45, 7) is 9.68. The fraction of sp³-hybridized carbons (Fsp3) is 0.727. The van der Waals surface area contributed by atoms with Crippen molar-refractivity contribution in [1.82, 2.24) is 10.2 Å². The molecule has 1 saturated heterocycles. The summed E-state index contributed by atoms with van der Waals surface area (Å²) in [5, 5.41) is 3.36. The Hall–Kier alpha value is -0.540. The van der Waals surface area contributed by atoms with Crippen LogP contribution in [0.5, 0.6) is 0 Å². The van der Waals surface area contributed by atoms with Gasteiger partial charge in [-0.1, -0.05) is 6.08 Å². The molecule has 0 bridgehead atoms. The van der Waals surface area contributed by atoms with Crippen LogP contribution in [0.15, 0.2) is 11.6 Å². The predicted octanol–water partition coefficient (Wildman–Crippen LogP) is 1.58. The van der Waals surface area contributed by atoms with Gasteiger partial charge < -0.3 is 10.2 Å². The number of carbonyl (C=O) groups excluding carboxylic acids is 1. The van der Waals surface area contributed by atoms with E-state index in [-0.39, 0.29) is 18.3 Å². The van der Waals surface area contributed by atoms with E-state index in [4.69, 9.17) is 0 Å². The number of piperazine rings is 1. The van der Waals surface area contributed by atoms with Crippen molar-refractivity contribution in [2.75, 3.05) is 13.1 Å². The van der Waals surface area contributed by atoms with Crippen LogP contribution in [0, 0.1) is 0 Å². The number of hydrogen-bond acceptors (Lipinski definition) is 2. The summed E-state index contributed by atoms with van der Waals surface area (Å²) in [6.07, 6.45) is 1.88. The van der Waals surface area contributed by atoms with Gasteiger partial charge in [-0.05, 0) is 27.7 Å². The topological polar surface area (TPSA) is 32.3 Å². The Morgan fingerprint density at radius 3 is 2.60 bits per heavy atom. The number of carbonyl (C=O) groups is 1. The first-order chi connectivity index (χ1) is 6.56. The summed E-state index contributed by atoms with van der Waals surface area (Å²) in [5.41, 5.74) is 0.839. The first-order valence-corrected chi connectivity index (χ1v) is 5.23. The molecular formula is C11H21ClN2O. The number of nitrogens with one attached hydrogen (secondary N) is 1. The van der Waals surface area contributed by atoms with Crippen molar-refractivity contribution in [3.63, 3.8) is 0 Å². The lowest BCUT2D eigenvalue weighted by Gasteiger charge is -2.37. The quantitative estimate of drug-likeness (QED) is 0.697. The number of amides is 1. The number of halogens is 1. The minimum Gasteiger partial charge on any atom is -0.333 e. The van der Waals surface area contributed by atoms with Gasteiger partial charge in [-0.15, -0.1) is 12.4 Å². The lowest BCUT2D eigenvalue weighted by molar-refractivity contribution is -0.130. The molecule has 1 aliphatic heterocycles. The van der Waals surface area contributed by atoms with Gasteiger partial charge in [-0.25, -0.2) is 0 Å². The smallest absolute Gasteiger partial charge is 0.249 e. The molecular weight excluding hydrogens is 212 g/mol. The maximum absolute atomic E-state index is 11.9. The maximum Gasteiger partial charge on any atom is 0.249 e. The van der Waals surface area contributed by atoms with Crippen molar-refractivity contribution in [1.29, 1.82) is 0 Å². The Morgan fingerprint density at radius 2 is 2.07 bits per heavy atom. The highest BCUT2D eigenvalue weighted by molar-refractivity contribution is 5.93. The van der Waals surface area contributed by atoms with Crippen LogP contribution in [-0.2, 0) is 4.79 Å². The molecule has 0 aromatic carbocycles. The minimum absolute atomic E-state index is 0. The van der Waals surface area contributed by atoms with E-state index in [1.807, 2.05) is 24.8 Å². The van der Waals surface area contributed by atoms with Crippen molar-refractivity contribution in [2.24, 2.45) is 0 Å². The van der Waals surface area contributed by atoms with Gasteiger partial charge in [-0.2, -0.15) is 0 Å². The largest absolute Gasteiger partial charge is 0.333 e. The fourth-order valence-electron chi connectivity index (χ4n) is 1.65. The SMILES string of the molecule is C/C=C(/C)C(=O)N1CC(C)NCC1C.Cl. The van der Waals surface area contributed by atoms with E-state index >= 15 is 0 Å². The van der Waals surface area contributed by atoms with Gasteiger partial charge in [0.2, 0.25) is 5.91 Å². The monoisotopic (exact) mass is 232 g/mol. The number of rotatable bonds is 1. The van der Waals surface area contributed by atoms with Crippen molar-refractivity contribution < 1.29 is 4.79 Å². The second kappa shape index (κ2) is 6.13. The third-order valence-corrected chi connectivity index (χ3v) is 2.80. The highest BCUT2D eigenvalue weighted by atomic mass is 35.5. The van der Waals surface area contributed by atoms with Crippen LogP contribution in [0.1, 0.15) is 27.7 Å². The Labute approximate surface area is 98.3 Å². The molecule has 2 unspecified atom stereocenters.